The highest BCUT2D eigenvalue weighted by atomic mass is 35.5. The van der Waals surface area contributed by atoms with Crippen molar-refractivity contribution in [2.75, 3.05) is 27.4 Å². The van der Waals surface area contributed by atoms with Gasteiger partial charge in [0.1, 0.15) is 22.8 Å². The Morgan fingerprint density at radius 2 is 1.76 bits per heavy atom. The molecule has 2 aliphatic heterocycles. The van der Waals surface area contributed by atoms with Gasteiger partial charge in [0.2, 0.25) is 0 Å². The number of methoxy groups -OCH3 is 2. The summed E-state index contributed by atoms with van der Waals surface area (Å²) in [5.41, 5.74) is -5.53. The molecule has 3 aromatic carbocycles. The maximum Gasteiger partial charge on any atom is 0.303 e. The highest BCUT2D eigenvalue weighted by molar-refractivity contribution is 6.30. The number of carboxylic acids is 1. The molecule has 5 rings (SSSR count). The minimum atomic E-state index is -2.12. The van der Waals surface area contributed by atoms with Gasteiger partial charge in [0, 0.05) is 50.2 Å². The minimum Gasteiger partial charge on any atom is -0.497 e. The summed E-state index contributed by atoms with van der Waals surface area (Å²) in [6.07, 6.45) is -0.636. The highest BCUT2D eigenvalue weighted by Crippen LogP contribution is 2.53. The van der Waals surface area contributed by atoms with Gasteiger partial charge in [-0.15, -0.1) is 0 Å². The molecule has 2 aliphatic rings. The maximum atomic E-state index is 16.7. The minimum absolute atomic E-state index is 0.0406. The van der Waals surface area contributed by atoms with Crippen LogP contribution in [0.3, 0.4) is 0 Å². The van der Waals surface area contributed by atoms with Gasteiger partial charge in [-0.1, -0.05) is 42.8 Å². The molecule has 0 spiro atoms. The Balaban J connectivity index is 1.77. The molecule has 240 valence electrons. The number of nitrogens with zero attached hydrogens (tertiary/aromatic N) is 1. The Hall–Kier alpha value is -3.57. The smallest absolute Gasteiger partial charge is 0.303 e. The molecule has 2 heterocycles. The predicted octanol–water partition coefficient (Wildman–Crippen LogP) is 6.51. The van der Waals surface area contributed by atoms with Crippen LogP contribution in [0, 0.1) is 5.82 Å². The summed E-state index contributed by atoms with van der Waals surface area (Å²) in [4.78, 5) is 27.8. The van der Waals surface area contributed by atoms with E-state index in [1.54, 1.807) is 55.5 Å². The standard InChI is InChI=1S/C34H36ClF2NO7/c1-4-33(42,32(37)15-17-45-18-16-32)23-19-26-30(27(36)20-23)34(44-3,22-7-9-24(35)10-8-22)38(31(26)41)28(13-14-29(39)40)21-5-11-25(43-2)12-6-21/h5-12,19-20,28,42H,4,13-18H2,1-3H3,(H,39,40)/t28?,33?,34-/m1/s1. The lowest BCUT2D eigenvalue weighted by molar-refractivity contribution is -0.155. The number of aliphatic carboxylic acids is 1. The van der Waals surface area contributed by atoms with Crippen LogP contribution >= 0.6 is 11.6 Å². The van der Waals surface area contributed by atoms with E-state index in [9.17, 15) is 19.8 Å². The predicted molar refractivity (Wildman–Crippen MR) is 162 cm³/mol. The summed E-state index contributed by atoms with van der Waals surface area (Å²) in [5, 5.41) is 21.9. The van der Waals surface area contributed by atoms with Crippen molar-refractivity contribution in [2.24, 2.45) is 0 Å². The monoisotopic (exact) mass is 643 g/mol. The first-order valence-electron chi connectivity index (χ1n) is 14.8. The van der Waals surface area contributed by atoms with Gasteiger partial charge in [-0.05, 0) is 60.4 Å². The summed E-state index contributed by atoms with van der Waals surface area (Å²) in [5.74, 6) is -2.10. The number of ether oxygens (including phenoxy) is 3. The fourth-order valence-corrected chi connectivity index (χ4v) is 6.94. The average Bonchev–Trinajstić information content (AvgIpc) is 3.30. The third kappa shape index (κ3) is 5.48. The Morgan fingerprint density at radius 1 is 1.11 bits per heavy atom. The molecular formula is C34H36ClF2NO7. The molecule has 0 aromatic heterocycles. The van der Waals surface area contributed by atoms with Crippen molar-refractivity contribution in [3.05, 3.63) is 99.3 Å². The molecule has 0 bridgehead atoms. The Kier molecular flexibility index (Phi) is 9.24. The number of aliphatic hydroxyl groups is 1. The first-order chi connectivity index (χ1) is 21.5. The van der Waals surface area contributed by atoms with Gasteiger partial charge in [0.05, 0.1) is 24.3 Å². The van der Waals surface area contributed by atoms with Crippen molar-refractivity contribution < 1.29 is 42.8 Å². The largest absolute Gasteiger partial charge is 0.497 e. The lowest BCUT2D eigenvalue weighted by atomic mass is 9.72. The second-order valence-electron chi connectivity index (χ2n) is 11.4. The van der Waals surface area contributed by atoms with Crippen LogP contribution in [0.25, 0.3) is 0 Å². The summed E-state index contributed by atoms with van der Waals surface area (Å²) in [6.45, 7) is 1.79. The van der Waals surface area contributed by atoms with Crippen LogP contribution in [-0.2, 0) is 25.6 Å². The molecule has 45 heavy (non-hydrogen) atoms. The molecule has 3 atom stereocenters. The third-order valence-corrected chi connectivity index (χ3v) is 9.46. The van der Waals surface area contributed by atoms with Crippen molar-refractivity contribution >= 4 is 23.5 Å². The summed E-state index contributed by atoms with van der Waals surface area (Å²) in [7, 11) is 2.84. The Labute approximate surface area is 265 Å². The zero-order chi connectivity index (χ0) is 32.6. The van der Waals surface area contributed by atoms with Crippen LogP contribution < -0.4 is 4.74 Å². The van der Waals surface area contributed by atoms with Crippen LogP contribution in [0.15, 0.2) is 60.7 Å². The van der Waals surface area contributed by atoms with Gasteiger partial charge < -0.3 is 24.4 Å². The van der Waals surface area contributed by atoms with E-state index in [0.717, 1.165) is 6.07 Å². The van der Waals surface area contributed by atoms with Crippen LogP contribution in [-0.4, -0.2) is 60.1 Å². The molecule has 1 fully saturated rings. The van der Waals surface area contributed by atoms with Crippen LogP contribution in [0.4, 0.5) is 8.78 Å². The van der Waals surface area contributed by atoms with Gasteiger partial charge in [-0.25, -0.2) is 8.78 Å². The number of carboxylic acid groups (broad SMARTS) is 1. The van der Waals surface area contributed by atoms with E-state index in [-0.39, 0.29) is 62.0 Å². The van der Waals surface area contributed by atoms with E-state index in [1.807, 2.05) is 0 Å². The number of amides is 1. The highest BCUT2D eigenvalue weighted by Gasteiger charge is 2.58. The zero-order valence-electron chi connectivity index (χ0n) is 25.3. The fourth-order valence-electron chi connectivity index (χ4n) is 6.81. The number of hydrogen-bond acceptors (Lipinski definition) is 6. The maximum absolute atomic E-state index is 16.7. The van der Waals surface area contributed by atoms with Crippen LogP contribution in [0.5, 0.6) is 5.75 Å². The topological polar surface area (TPSA) is 106 Å². The van der Waals surface area contributed by atoms with Gasteiger partial charge >= 0.3 is 5.97 Å². The van der Waals surface area contributed by atoms with Crippen LogP contribution in [0.1, 0.15) is 77.7 Å². The number of carbonyl (C=O) groups excluding carboxylic acids is 1. The molecule has 2 unspecified atom stereocenters. The molecule has 0 radical (unpaired) electrons. The number of fused-ring (bicyclic) bond motifs is 1. The Bertz CT molecular complexity index is 1560. The number of carbonyl (C=O) groups is 2. The summed E-state index contributed by atoms with van der Waals surface area (Å²) < 4.78 is 49.9. The molecule has 2 N–H and O–H groups in total. The van der Waals surface area contributed by atoms with E-state index < -0.39 is 40.7 Å². The molecule has 8 nitrogen and oxygen atoms in total. The average molecular weight is 644 g/mol. The van der Waals surface area contributed by atoms with Gasteiger partial charge in [-0.2, -0.15) is 0 Å². The lowest BCUT2D eigenvalue weighted by Gasteiger charge is -2.44. The van der Waals surface area contributed by atoms with Gasteiger partial charge in [0.15, 0.2) is 5.72 Å². The fraction of sp³-hybridized carbons (Fsp3) is 0.412. The van der Waals surface area contributed by atoms with E-state index in [2.05, 4.69) is 0 Å². The van der Waals surface area contributed by atoms with Crippen molar-refractivity contribution in [1.29, 1.82) is 0 Å². The Morgan fingerprint density at radius 3 is 2.31 bits per heavy atom. The van der Waals surface area contributed by atoms with Crippen molar-refractivity contribution in [3.8, 4) is 5.75 Å². The van der Waals surface area contributed by atoms with E-state index >= 15 is 8.78 Å². The van der Waals surface area contributed by atoms with Crippen LogP contribution in [0.2, 0.25) is 5.02 Å². The number of hydrogen-bond donors (Lipinski definition) is 2. The summed E-state index contributed by atoms with van der Waals surface area (Å²) in [6, 6.07) is 14.7. The lowest BCUT2D eigenvalue weighted by Crippen LogP contribution is -2.51. The SMILES string of the molecule is CCC(O)(c1cc(F)c2c(c1)C(=O)N(C(CCC(=O)O)c1ccc(OC)cc1)[C@@]2(OC)c1ccc(Cl)cc1)C1(F)CCOCC1. The van der Waals surface area contributed by atoms with E-state index in [0.29, 0.717) is 21.9 Å². The van der Waals surface area contributed by atoms with E-state index in [1.165, 1.54) is 25.2 Å². The molecule has 0 aliphatic carbocycles. The van der Waals surface area contributed by atoms with Crippen molar-refractivity contribution in [2.45, 2.75) is 62.1 Å². The first-order valence-corrected chi connectivity index (χ1v) is 15.2. The third-order valence-electron chi connectivity index (χ3n) is 9.21. The first kappa shape index (κ1) is 32.8. The van der Waals surface area contributed by atoms with Gasteiger partial charge in [-0.3, -0.25) is 14.5 Å². The van der Waals surface area contributed by atoms with Crippen molar-refractivity contribution in [3.63, 3.8) is 0 Å². The molecule has 1 amide bonds. The zero-order valence-corrected chi connectivity index (χ0v) is 26.1. The molecule has 0 saturated carbocycles. The van der Waals surface area contributed by atoms with E-state index in [4.69, 9.17) is 25.8 Å². The quantitative estimate of drug-likeness (QED) is 0.245. The number of benzene rings is 3. The number of rotatable bonds is 11. The second kappa shape index (κ2) is 12.7. The summed E-state index contributed by atoms with van der Waals surface area (Å²) >= 11 is 6.20. The molecular weight excluding hydrogens is 608 g/mol. The normalized spacial score (nSPS) is 21.2. The van der Waals surface area contributed by atoms with Crippen molar-refractivity contribution in [1.82, 2.24) is 4.90 Å². The second-order valence-corrected chi connectivity index (χ2v) is 11.9. The van der Waals surface area contributed by atoms with Gasteiger partial charge in [0.25, 0.3) is 5.91 Å². The molecule has 1 saturated heterocycles. The molecule has 11 heteroatoms. The molecule has 3 aromatic rings. The number of halogens is 3. The number of alkyl halides is 1.